The van der Waals surface area contributed by atoms with Crippen molar-refractivity contribution < 1.29 is 23.8 Å². The van der Waals surface area contributed by atoms with Gasteiger partial charge in [0.1, 0.15) is 4.88 Å². The molecule has 6 heteroatoms. The van der Waals surface area contributed by atoms with E-state index in [9.17, 15) is 9.59 Å². The largest absolute Gasteiger partial charge is 0.493 e. The zero-order valence-corrected chi connectivity index (χ0v) is 14.6. The zero-order valence-electron chi connectivity index (χ0n) is 13.8. The molecule has 0 bridgehead atoms. The van der Waals surface area contributed by atoms with Gasteiger partial charge in [0.25, 0.3) is 0 Å². The number of carbonyl (C=O) groups is 2. The maximum atomic E-state index is 12.3. The summed E-state index contributed by atoms with van der Waals surface area (Å²) in [5.74, 6) is 0.163. The van der Waals surface area contributed by atoms with E-state index in [1.807, 2.05) is 24.3 Å². The van der Waals surface area contributed by atoms with E-state index in [0.717, 1.165) is 10.1 Å². The van der Waals surface area contributed by atoms with E-state index >= 15 is 0 Å². The molecule has 25 heavy (non-hydrogen) atoms. The summed E-state index contributed by atoms with van der Waals surface area (Å²) in [5, 5.41) is 0.977. The lowest BCUT2D eigenvalue weighted by Crippen LogP contribution is -2.13. The van der Waals surface area contributed by atoms with Gasteiger partial charge in [0.2, 0.25) is 0 Å². The van der Waals surface area contributed by atoms with Crippen molar-refractivity contribution in [3.05, 3.63) is 59.0 Å². The molecule has 0 unspecified atom stereocenters. The number of methoxy groups -OCH3 is 2. The molecule has 0 N–H and O–H groups in total. The first-order valence-corrected chi connectivity index (χ1v) is 8.35. The van der Waals surface area contributed by atoms with Gasteiger partial charge in [-0.25, -0.2) is 4.79 Å². The second kappa shape index (κ2) is 7.36. The minimum absolute atomic E-state index is 0.310. The summed E-state index contributed by atoms with van der Waals surface area (Å²) < 4.78 is 16.5. The van der Waals surface area contributed by atoms with E-state index in [4.69, 9.17) is 14.2 Å². The monoisotopic (exact) mass is 356 g/mol. The Balaban J connectivity index is 1.68. The van der Waals surface area contributed by atoms with Crippen molar-refractivity contribution in [2.24, 2.45) is 0 Å². The average Bonchev–Trinajstić information content (AvgIpc) is 3.09. The third-order valence-electron chi connectivity index (χ3n) is 3.67. The molecule has 0 fully saturated rings. The van der Waals surface area contributed by atoms with Crippen LogP contribution >= 0.6 is 11.3 Å². The van der Waals surface area contributed by atoms with Gasteiger partial charge in [0.15, 0.2) is 23.9 Å². The van der Waals surface area contributed by atoms with Crippen molar-refractivity contribution in [3.63, 3.8) is 0 Å². The first-order valence-electron chi connectivity index (χ1n) is 7.53. The predicted octanol–water partition coefficient (Wildman–Crippen LogP) is 3.96. The molecular formula is C19H16O5S. The highest BCUT2D eigenvalue weighted by atomic mass is 32.1. The van der Waals surface area contributed by atoms with Crippen LogP contribution in [0.2, 0.25) is 0 Å². The molecule has 0 aliphatic heterocycles. The molecule has 128 valence electrons. The fraction of sp³-hybridized carbons (Fsp3) is 0.158. The van der Waals surface area contributed by atoms with Crippen LogP contribution in [0, 0.1) is 0 Å². The van der Waals surface area contributed by atoms with Crippen molar-refractivity contribution in [1.29, 1.82) is 0 Å². The first kappa shape index (κ1) is 17.0. The topological polar surface area (TPSA) is 61.8 Å². The fourth-order valence-electron chi connectivity index (χ4n) is 2.38. The van der Waals surface area contributed by atoms with Crippen molar-refractivity contribution in [2.45, 2.75) is 0 Å². The predicted molar refractivity (Wildman–Crippen MR) is 96.0 cm³/mol. The van der Waals surface area contributed by atoms with E-state index in [1.54, 1.807) is 24.3 Å². The minimum Gasteiger partial charge on any atom is -0.493 e. The number of hydrogen-bond donors (Lipinski definition) is 0. The van der Waals surface area contributed by atoms with Gasteiger partial charge in [-0.15, -0.1) is 11.3 Å². The molecule has 0 saturated heterocycles. The van der Waals surface area contributed by atoms with E-state index in [-0.39, 0.29) is 12.4 Å². The number of ketones is 1. The fourth-order valence-corrected chi connectivity index (χ4v) is 3.33. The smallest absolute Gasteiger partial charge is 0.348 e. The molecule has 2 aromatic carbocycles. The third kappa shape index (κ3) is 3.64. The lowest BCUT2D eigenvalue weighted by Gasteiger charge is -2.09. The summed E-state index contributed by atoms with van der Waals surface area (Å²) in [6.07, 6.45) is 0. The molecule has 0 amide bonds. The molecule has 3 rings (SSSR count). The van der Waals surface area contributed by atoms with E-state index in [1.165, 1.54) is 25.6 Å². The Hall–Kier alpha value is -2.86. The minimum atomic E-state index is -0.505. The van der Waals surface area contributed by atoms with Crippen molar-refractivity contribution in [1.82, 2.24) is 0 Å². The summed E-state index contributed by atoms with van der Waals surface area (Å²) in [6, 6.07) is 14.3. The Kier molecular flexibility index (Phi) is 5.00. The molecule has 0 saturated carbocycles. The lowest BCUT2D eigenvalue weighted by atomic mass is 10.1. The van der Waals surface area contributed by atoms with E-state index < -0.39 is 5.97 Å². The van der Waals surface area contributed by atoms with Crippen LogP contribution in [0.15, 0.2) is 48.5 Å². The van der Waals surface area contributed by atoms with Crippen LogP contribution in [0.25, 0.3) is 10.1 Å². The number of carbonyl (C=O) groups excluding carboxylic acids is 2. The van der Waals surface area contributed by atoms with Gasteiger partial charge in [-0.1, -0.05) is 18.2 Å². The maximum absolute atomic E-state index is 12.3. The second-order valence-corrected chi connectivity index (χ2v) is 6.30. The number of benzene rings is 2. The van der Waals surface area contributed by atoms with Gasteiger partial charge in [0.05, 0.1) is 14.2 Å². The normalized spacial score (nSPS) is 10.5. The van der Waals surface area contributed by atoms with Gasteiger partial charge in [-0.05, 0) is 35.7 Å². The molecule has 1 heterocycles. The Labute approximate surface area is 148 Å². The quantitative estimate of drug-likeness (QED) is 0.494. The summed E-state index contributed by atoms with van der Waals surface area (Å²) >= 11 is 1.34. The Bertz CT molecular complexity index is 895. The van der Waals surface area contributed by atoms with Crippen LogP contribution in [-0.2, 0) is 4.74 Å². The van der Waals surface area contributed by atoms with Crippen LogP contribution < -0.4 is 9.47 Å². The highest BCUT2D eigenvalue weighted by Gasteiger charge is 2.16. The van der Waals surface area contributed by atoms with Gasteiger partial charge in [-0.2, -0.15) is 0 Å². The zero-order chi connectivity index (χ0) is 17.8. The average molecular weight is 356 g/mol. The Morgan fingerprint density at radius 1 is 0.960 bits per heavy atom. The number of rotatable bonds is 6. The van der Waals surface area contributed by atoms with Crippen LogP contribution in [-0.4, -0.2) is 32.6 Å². The lowest BCUT2D eigenvalue weighted by molar-refractivity contribution is 0.0479. The van der Waals surface area contributed by atoms with E-state index in [2.05, 4.69) is 0 Å². The number of Topliss-reactive ketones (excluding diaryl/α,β-unsaturated/α-hetero) is 1. The summed E-state index contributed by atoms with van der Waals surface area (Å²) in [5.41, 5.74) is 0.391. The van der Waals surface area contributed by atoms with Crippen LogP contribution in [0.3, 0.4) is 0 Å². The molecule has 3 aromatic rings. The molecule has 0 aliphatic rings. The third-order valence-corrected chi connectivity index (χ3v) is 4.76. The Morgan fingerprint density at radius 2 is 1.72 bits per heavy atom. The highest BCUT2D eigenvalue weighted by molar-refractivity contribution is 7.20. The standard InChI is InChI=1S/C19H16O5S/c1-22-15-8-7-12(9-16(15)23-2)14(20)11-24-19(21)18-10-13-5-3-4-6-17(13)25-18/h3-10H,11H2,1-2H3. The molecule has 1 aromatic heterocycles. The maximum Gasteiger partial charge on any atom is 0.348 e. The highest BCUT2D eigenvalue weighted by Crippen LogP contribution is 2.28. The molecule has 5 nitrogen and oxygen atoms in total. The van der Waals surface area contributed by atoms with Crippen LogP contribution in [0.5, 0.6) is 11.5 Å². The SMILES string of the molecule is COc1ccc(C(=O)COC(=O)c2cc3ccccc3s2)cc1OC. The molecule has 0 spiro atoms. The van der Waals surface area contributed by atoms with Gasteiger partial charge in [0, 0.05) is 10.3 Å². The van der Waals surface area contributed by atoms with Gasteiger partial charge in [-0.3, -0.25) is 4.79 Å². The molecule has 0 aliphatic carbocycles. The van der Waals surface area contributed by atoms with Crippen LogP contribution in [0.4, 0.5) is 0 Å². The number of fused-ring (bicyclic) bond motifs is 1. The van der Waals surface area contributed by atoms with Gasteiger partial charge < -0.3 is 14.2 Å². The van der Waals surface area contributed by atoms with E-state index in [0.29, 0.717) is 21.9 Å². The number of esters is 1. The van der Waals surface area contributed by atoms with Crippen molar-refractivity contribution >= 4 is 33.2 Å². The van der Waals surface area contributed by atoms with Crippen LogP contribution in [0.1, 0.15) is 20.0 Å². The number of hydrogen-bond acceptors (Lipinski definition) is 6. The molecule has 0 radical (unpaired) electrons. The Morgan fingerprint density at radius 3 is 2.44 bits per heavy atom. The number of ether oxygens (including phenoxy) is 3. The molecular weight excluding hydrogens is 340 g/mol. The first-order chi connectivity index (χ1) is 12.1. The second-order valence-electron chi connectivity index (χ2n) is 5.22. The summed E-state index contributed by atoms with van der Waals surface area (Å²) in [7, 11) is 3.01. The van der Waals surface area contributed by atoms with Crippen molar-refractivity contribution in [2.75, 3.05) is 20.8 Å². The summed E-state index contributed by atoms with van der Waals surface area (Å²) in [4.78, 5) is 24.9. The summed E-state index contributed by atoms with van der Waals surface area (Å²) in [6.45, 7) is -0.331. The number of thiophene rings is 1. The van der Waals surface area contributed by atoms with Gasteiger partial charge >= 0.3 is 5.97 Å². The van der Waals surface area contributed by atoms with Crippen molar-refractivity contribution in [3.8, 4) is 11.5 Å². The molecule has 0 atom stereocenters.